The van der Waals surface area contributed by atoms with Gasteiger partial charge in [0.05, 0.1) is 18.3 Å². The first kappa shape index (κ1) is 6.54. The van der Waals surface area contributed by atoms with Gasteiger partial charge in [0.2, 0.25) is 0 Å². The summed E-state index contributed by atoms with van der Waals surface area (Å²) in [4.78, 5) is 11.2. The lowest BCUT2D eigenvalue weighted by Gasteiger charge is -1.95. The van der Waals surface area contributed by atoms with Crippen LogP contribution in [0, 0.1) is 6.92 Å². The fraction of sp³-hybridized carbons (Fsp3) is 0.429. The molecular formula is C7H9N3O. The third-order valence-corrected chi connectivity index (χ3v) is 1.86. The topological polar surface area (TPSA) is 60.9 Å². The summed E-state index contributed by atoms with van der Waals surface area (Å²) in [6, 6.07) is 1.40. The van der Waals surface area contributed by atoms with Gasteiger partial charge >= 0.3 is 0 Å². The number of carbonyl (C=O) groups excluding carboxylic acids is 1. The zero-order chi connectivity index (χ0) is 8.01. The Labute approximate surface area is 64.0 Å². The molecule has 0 saturated heterocycles. The van der Waals surface area contributed by atoms with Crippen LogP contribution < -0.4 is 5.73 Å². The van der Waals surface area contributed by atoms with Crippen LogP contribution in [0.5, 0.6) is 0 Å². The first-order valence-electron chi connectivity index (χ1n) is 3.53. The number of rotatable bonds is 0. The molecule has 0 spiro atoms. The van der Waals surface area contributed by atoms with E-state index in [9.17, 15) is 4.79 Å². The molecule has 1 aromatic heterocycles. The quantitative estimate of drug-likeness (QED) is 0.554. The molecule has 4 nitrogen and oxygen atoms in total. The van der Waals surface area contributed by atoms with Crippen LogP contribution in [0.2, 0.25) is 0 Å². The number of aryl methyl sites for hydroxylation is 1. The minimum absolute atomic E-state index is 0.00519. The molecule has 1 unspecified atom stereocenters. The third kappa shape index (κ3) is 0.793. The van der Waals surface area contributed by atoms with Crippen LogP contribution in [0.25, 0.3) is 0 Å². The smallest absolute Gasteiger partial charge is 0.199 e. The molecule has 2 heterocycles. The van der Waals surface area contributed by atoms with Crippen molar-refractivity contribution in [3.63, 3.8) is 0 Å². The van der Waals surface area contributed by atoms with E-state index in [1.165, 1.54) is 0 Å². The van der Waals surface area contributed by atoms with Gasteiger partial charge in [-0.15, -0.1) is 0 Å². The fourth-order valence-electron chi connectivity index (χ4n) is 1.34. The molecule has 11 heavy (non-hydrogen) atoms. The number of ketones is 1. The van der Waals surface area contributed by atoms with Crippen molar-refractivity contribution >= 4 is 5.78 Å². The molecular weight excluding hydrogens is 142 g/mol. The van der Waals surface area contributed by atoms with Crippen molar-refractivity contribution in [3.8, 4) is 0 Å². The first-order valence-corrected chi connectivity index (χ1v) is 3.53. The van der Waals surface area contributed by atoms with E-state index in [2.05, 4.69) is 5.10 Å². The summed E-state index contributed by atoms with van der Waals surface area (Å²) in [5, 5.41) is 4.11. The number of aromatic nitrogens is 2. The van der Waals surface area contributed by atoms with Gasteiger partial charge in [-0.3, -0.25) is 9.48 Å². The number of hydrogen-bond donors (Lipinski definition) is 1. The Hall–Kier alpha value is -1.16. The summed E-state index contributed by atoms with van der Waals surface area (Å²) < 4.78 is 1.67. The van der Waals surface area contributed by atoms with E-state index in [1.807, 2.05) is 6.92 Å². The summed E-state index contributed by atoms with van der Waals surface area (Å²) >= 11 is 0. The molecule has 0 fully saturated rings. The van der Waals surface area contributed by atoms with Crippen molar-refractivity contribution in [2.75, 3.05) is 0 Å². The zero-order valence-corrected chi connectivity index (χ0v) is 6.24. The van der Waals surface area contributed by atoms with Gasteiger partial charge in [-0.2, -0.15) is 5.10 Å². The molecule has 1 atom stereocenters. The Morgan fingerprint density at radius 2 is 2.55 bits per heavy atom. The lowest BCUT2D eigenvalue weighted by molar-refractivity contribution is 0.0974. The van der Waals surface area contributed by atoms with Gasteiger partial charge in [0.15, 0.2) is 5.78 Å². The summed E-state index contributed by atoms with van der Waals surface area (Å²) in [7, 11) is 0. The SMILES string of the molecule is Cc1cc2n(n1)CC(N)C2=O. The number of Topliss-reactive ketones (excluding diaryl/α,β-unsaturated/α-hetero) is 1. The van der Waals surface area contributed by atoms with Crippen molar-refractivity contribution in [2.24, 2.45) is 5.73 Å². The maximum atomic E-state index is 11.2. The monoisotopic (exact) mass is 151 g/mol. The molecule has 1 aliphatic rings. The lowest BCUT2D eigenvalue weighted by Crippen LogP contribution is -2.27. The van der Waals surface area contributed by atoms with Gasteiger partial charge in [-0.05, 0) is 13.0 Å². The maximum Gasteiger partial charge on any atom is 0.199 e. The number of nitrogens with zero attached hydrogens (tertiary/aromatic N) is 2. The molecule has 58 valence electrons. The van der Waals surface area contributed by atoms with Gasteiger partial charge < -0.3 is 5.73 Å². The van der Waals surface area contributed by atoms with E-state index in [4.69, 9.17) is 5.73 Å². The van der Waals surface area contributed by atoms with E-state index < -0.39 is 0 Å². The number of nitrogens with two attached hydrogens (primary N) is 1. The van der Waals surface area contributed by atoms with Crippen LogP contribution in [-0.2, 0) is 6.54 Å². The van der Waals surface area contributed by atoms with Crippen molar-refractivity contribution in [1.82, 2.24) is 9.78 Å². The van der Waals surface area contributed by atoms with Gasteiger partial charge in [0, 0.05) is 0 Å². The first-order chi connectivity index (χ1) is 5.18. The largest absolute Gasteiger partial charge is 0.320 e. The molecule has 0 aromatic carbocycles. The second-order valence-electron chi connectivity index (χ2n) is 2.82. The van der Waals surface area contributed by atoms with E-state index in [0.29, 0.717) is 12.2 Å². The highest BCUT2D eigenvalue weighted by Crippen LogP contribution is 2.13. The van der Waals surface area contributed by atoms with Gasteiger partial charge in [0.25, 0.3) is 0 Å². The molecule has 0 radical (unpaired) electrons. The fourth-order valence-corrected chi connectivity index (χ4v) is 1.34. The van der Waals surface area contributed by atoms with Gasteiger partial charge in [-0.1, -0.05) is 0 Å². The normalized spacial score (nSPS) is 22.4. The van der Waals surface area contributed by atoms with Crippen LogP contribution >= 0.6 is 0 Å². The average molecular weight is 151 g/mol. The summed E-state index contributed by atoms with van der Waals surface area (Å²) in [6.45, 7) is 2.39. The molecule has 0 amide bonds. The zero-order valence-electron chi connectivity index (χ0n) is 6.24. The molecule has 1 aromatic rings. The van der Waals surface area contributed by atoms with Crippen molar-refractivity contribution in [3.05, 3.63) is 17.5 Å². The van der Waals surface area contributed by atoms with Gasteiger partial charge in [0.1, 0.15) is 5.69 Å². The highest BCUT2D eigenvalue weighted by Gasteiger charge is 2.28. The molecule has 1 aliphatic heterocycles. The van der Waals surface area contributed by atoms with Crippen LogP contribution in [0.1, 0.15) is 16.2 Å². The molecule has 0 saturated carbocycles. The number of carbonyl (C=O) groups is 1. The summed E-state index contributed by atoms with van der Waals surface area (Å²) in [5.74, 6) is 0.00519. The van der Waals surface area contributed by atoms with Crippen molar-refractivity contribution < 1.29 is 4.79 Å². The molecule has 2 N–H and O–H groups in total. The van der Waals surface area contributed by atoms with Crippen LogP contribution in [0.15, 0.2) is 6.07 Å². The average Bonchev–Trinajstić information content (AvgIpc) is 2.37. The van der Waals surface area contributed by atoms with Crippen LogP contribution in [-0.4, -0.2) is 21.6 Å². The van der Waals surface area contributed by atoms with Crippen molar-refractivity contribution in [1.29, 1.82) is 0 Å². The lowest BCUT2D eigenvalue weighted by atomic mass is 10.2. The number of hydrogen-bond acceptors (Lipinski definition) is 3. The highest BCUT2D eigenvalue weighted by atomic mass is 16.1. The molecule has 0 aliphatic carbocycles. The molecule has 0 bridgehead atoms. The van der Waals surface area contributed by atoms with Crippen molar-refractivity contribution in [2.45, 2.75) is 19.5 Å². The highest BCUT2D eigenvalue weighted by molar-refractivity contribution is 6.00. The summed E-state index contributed by atoms with van der Waals surface area (Å²) in [5.41, 5.74) is 7.04. The minimum Gasteiger partial charge on any atom is -0.320 e. The number of fused-ring (bicyclic) bond motifs is 1. The second kappa shape index (κ2) is 1.92. The summed E-state index contributed by atoms with van der Waals surface area (Å²) in [6.07, 6.45) is 0. The second-order valence-corrected chi connectivity index (χ2v) is 2.82. The molecule has 2 rings (SSSR count). The third-order valence-electron chi connectivity index (χ3n) is 1.86. The Bertz CT molecular complexity index is 315. The van der Waals surface area contributed by atoms with Gasteiger partial charge in [-0.25, -0.2) is 0 Å². The predicted octanol–water partition coefficient (Wildman–Crippen LogP) is -0.285. The van der Waals surface area contributed by atoms with Crippen LogP contribution in [0.3, 0.4) is 0 Å². The van der Waals surface area contributed by atoms with Crippen LogP contribution in [0.4, 0.5) is 0 Å². The molecule has 4 heteroatoms. The van der Waals surface area contributed by atoms with E-state index in [0.717, 1.165) is 5.69 Å². The van der Waals surface area contributed by atoms with E-state index in [1.54, 1.807) is 10.7 Å². The standard InChI is InChI=1S/C7H9N3O/c1-4-2-6-7(11)5(8)3-10(6)9-4/h2,5H,3,8H2,1H3. The van der Waals surface area contributed by atoms with E-state index in [-0.39, 0.29) is 11.8 Å². The van der Waals surface area contributed by atoms with E-state index >= 15 is 0 Å². The maximum absolute atomic E-state index is 11.2. The Kier molecular flexibility index (Phi) is 1.14. The predicted molar refractivity (Wildman–Crippen MR) is 39.3 cm³/mol. The Morgan fingerprint density at radius 3 is 3.18 bits per heavy atom. The Balaban J connectivity index is 2.52. The Morgan fingerprint density at radius 1 is 1.82 bits per heavy atom. The minimum atomic E-state index is -0.377.